The van der Waals surface area contributed by atoms with Crippen molar-refractivity contribution in [1.29, 1.82) is 0 Å². The van der Waals surface area contributed by atoms with Gasteiger partial charge >= 0.3 is 0 Å². The van der Waals surface area contributed by atoms with E-state index in [1.54, 1.807) is 0 Å². The Labute approximate surface area is 103 Å². The van der Waals surface area contributed by atoms with Crippen LogP contribution >= 0.6 is 0 Å². The molecule has 2 unspecified atom stereocenters. The van der Waals surface area contributed by atoms with E-state index in [9.17, 15) is 13.5 Å². The van der Waals surface area contributed by atoms with Crippen LogP contribution in [0.4, 0.5) is 0 Å². The highest BCUT2D eigenvalue weighted by Crippen LogP contribution is 2.37. The lowest BCUT2D eigenvalue weighted by Gasteiger charge is -2.48. The van der Waals surface area contributed by atoms with E-state index < -0.39 is 21.0 Å². The molecular formula is C11H22N2O3S. The number of likely N-dealkylation sites (N-methyl/N-ethyl adjacent to an activating group) is 1. The molecule has 2 fully saturated rings. The topological polar surface area (TPSA) is 83.6 Å². The van der Waals surface area contributed by atoms with Crippen LogP contribution in [0.2, 0.25) is 0 Å². The third-order valence-corrected chi connectivity index (χ3v) is 6.01. The van der Waals surface area contributed by atoms with Crippen LogP contribution in [-0.2, 0) is 9.84 Å². The molecule has 2 aliphatic rings. The van der Waals surface area contributed by atoms with Crippen LogP contribution in [0, 0.1) is 0 Å². The minimum absolute atomic E-state index is 0.0641. The zero-order valence-corrected chi connectivity index (χ0v) is 11.2. The summed E-state index contributed by atoms with van der Waals surface area (Å²) in [5.74, 6) is -0.109. The van der Waals surface area contributed by atoms with Crippen molar-refractivity contribution >= 4 is 9.84 Å². The maximum atomic E-state index is 11.6. The summed E-state index contributed by atoms with van der Waals surface area (Å²) in [6.07, 6.45) is 1.91. The first kappa shape index (κ1) is 13.3. The molecule has 2 rings (SSSR count). The molecule has 100 valence electrons. The molecule has 0 aromatic heterocycles. The number of likely N-dealkylation sites (tertiary alicyclic amines) is 1. The second kappa shape index (κ2) is 4.19. The standard InChI is InChI=1S/C11H22N2O3S/c1-2-13-6-3-4-10(12,8-13)11(14)5-7-17(15,16)9-11/h14H,2-9,12H2,1H3. The number of sulfone groups is 1. The molecule has 2 heterocycles. The molecule has 5 nitrogen and oxygen atoms in total. The summed E-state index contributed by atoms with van der Waals surface area (Å²) in [7, 11) is -3.11. The summed E-state index contributed by atoms with van der Waals surface area (Å²) < 4.78 is 23.1. The maximum Gasteiger partial charge on any atom is 0.153 e. The molecular weight excluding hydrogens is 240 g/mol. The van der Waals surface area contributed by atoms with Crippen molar-refractivity contribution in [3.63, 3.8) is 0 Å². The van der Waals surface area contributed by atoms with Crippen molar-refractivity contribution in [2.24, 2.45) is 5.73 Å². The summed E-state index contributed by atoms with van der Waals surface area (Å²) in [5.41, 5.74) is 4.32. The van der Waals surface area contributed by atoms with Gasteiger partial charge < -0.3 is 15.7 Å². The number of piperidine rings is 1. The van der Waals surface area contributed by atoms with Gasteiger partial charge in [-0.15, -0.1) is 0 Å². The number of nitrogens with zero attached hydrogens (tertiary/aromatic N) is 1. The van der Waals surface area contributed by atoms with Gasteiger partial charge in [-0.25, -0.2) is 8.42 Å². The van der Waals surface area contributed by atoms with Gasteiger partial charge in [0.2, 0.25) is 0 Å². The van der Waals surface area contributed by atoms with Crippen LogP contribution in [0.5, 0.6) is 0 Å². The predicted molar refractivity (Wildman–Crippen MR) is 66.5 cm³/mol. The van der Waals surface area contributed by atoms with E-state index in [1.165, 1.54) is 0 Å². The summed E-state index contributed by atoms with van der Waals surface area (Å²) >= 11 is 0. The maximum absolute atomic E-state index is 11.6. The second-order valence-electron chi connectivity index (χ2n) is 5.50. The molecule has 6 heteroatoms. The van der Waals surface area contributed by atoms with Gasteiger partial charge in [0.15, 0.2) is 9.84 Å². The van der Waals surface area contributed by atoms with Gasteiger partial charge in [0.1, 0.15) is 0 Å². The van der Waals surface area contributed by atoms with Crippen molar-refractivity contribution in [2.75, 3.05) is 31.1 Å². The monoisotopic (exact) mass is 262 g/mol. The first-order valence-electron chi connectivity index (χ1n) is 6.24. The van der Waals surface area contributed by atoms with E-state index in [0.29, 0.717) is 13.0 Å². The average Bonchev–Trinajstić information content (AvgIpc) is 2.55. The summed E-state index contributed by atoms with van der Waals surface area (Å²) in [6.45, 7) is 4.52. The molecule has 0 amide bonds. The Balaban J connectivity index is 2.20. The zero-order valence-electron chi connectivity index (χ0n) is 10.4. The zero-order chi connectivity index (χ0) is 12.7. The minimum Gasteiger partial charge on any atom is -0.387 e. The Morgan fingerprint density at radius 1 is 1.41 bits per heavy atom. The molecule has 0 bridgehead atoms. The van der Waals surface area contributed by atoms with Crippen LogP contribution in [-0.4, -0.2) is 60.7 Å². The molecule has 0 aromatic rings. The lowest BCUT2D eigenvalue weighted by atomic mass is 9.74. The van der Waals surface area contributed by atoms with Crippen molar-refractivity contribution in [2.45, 2.75) is 37.3 Å². The largest absolute Gasteiger partial charge is 0.387 e. The van der Waals surface area contributed by atoms with Gasteiger partial charge in [-0.3, -0.25) is 0 Å². The van der Waals surface area contributed by atoms with Crippen molar-refractivity contribution in [1.82, 2.24) is 4.90 Å². The summed E-state index contributed by atoms with van der Waals surface area (Å²) in [5, 5.41) is 10.6. The van der Waals surface area contributed by atoms with Crippen molar-refractivity contribution in [3.8, 4) is 0 Å². The van der Waals surface area contributed by atoms with Crippen LogP contribution in [0.1, 0.15) is 26.2 Å². The van der Waals surface area contributed by atoms with E-state index in [4.69, 9.17) is 5.73 Å². The highest BCUT2D eigenvalue weighted by atomic mass is 32.2. The fraction of sp³-hybridized carbons (Fsp3) is 1.00. The second-order valence-corrected chi connectivity index (χ2v) is 7.69. The van der Waals surface area contributed by atoms with E-state index in [-0.39, 0.29) is 17.9 Å². The van der Waals surface area contributed by atoms with E-state index in [2.05, 4.69) is 11.8 Å². The molecule has 0 aromatic carbocycles. The Bertz CT molecular complexity index is 398. The molecule has 2 aliphatic heterocycles. The molecule has 0 saturated carbocycles. The Morgan fingerprint density at radius 2 is 2.12 bits per heavy atom. The smallest absolute Gasteiger partial charge is 0.153 e. The molecule has 0 radical (unpaired) electrons. The highest BCUT2D eigenvalue weighted by Gasteiger charge is 2.54. The van der Waals surface area contributed by atoms with Gasteiger partial charge in [-0.2, -0.15) is 0 Å². The molecule has 2 atom stereocenters. The van der Waals surface area contributed by atoms with Crippen LogP contribution in [0.3, 0.4) is 0 Å². The normalized spacial score (nSPS) is 42.8. The molecule has 0 spiro atoms. The van der Waals surface area contributed by atoms with E-state index >= 15 is 0 Å². The van der Waals surface area contributed by atoms with Crippen LogP contribution < -0.4 is 5.73 Å². The summed E-state index contributed by atoms with van der Waals surface area (Å²) in [4.78, 5) is 2.19. The number of aliphatic hydroxyl groups is 1. The summed E-state index contributed by atoms with van der Waals surface area (Å²) in [6, 6.07) is 0. The SMILES string of the molecule is CCN1CCCC(N)(C2(O)CCS(=O)(=O)C2)C1. The number of nitrogens with two attached hydrogens (primary N) is 1. The fourth-order valence-corrected chi connectivity index (χ4v) is 5.00. The predicted octanol–water partition coefficient (Wildman–Crippen LogP) is -0.651. The van der Waals surface area contributed by atoms with E-state index in [1.807, 2.05) is 0 Å². The Morgan fingerprint density at radius 3 is 2.65 bits per heavy atom. The number of rotatable bonds is 2. The highest BCUT2D eigenvalue weighted by molar-refractivity contribution is 7.91. The molecule has 0 aliphatic carbocycles. The van der Waals surface area contributed by atoms with Crippen molar-refractivity contribution in [3.05, 3.63) is 0 Å². The average molecular weight is 262 g/mol. The third kappa shape index (κ3) is 2.36. The lowest BCUT2D eigenvalue weighted by molar-refractivity contribution is -0.0459. The van der Waals surface area contributed by atoms with Gasteiger partial charge in [0.05, 0.1) is 22.6 Å². The lowest BCUT2D eigenvalue weighted by Crippen LogP contribution is -2.68. The Hall–Kier alpha value is -0.170. The fourth-order valence-electron chi connectivity index (χ4n) is 3.05. The minimum atomic E-state index is -3.11. The van der Waals surface area contributed by atoms with Gasteiger partial charge in [-0.05, 0) is 32.4 Å². The van der Waals surface area contributed by atoms with Gasteiger partial charge in [-0.1, -0.05) is 6.92 Å². The van der Waals surface area contributed by atoms with Crippen LogP contribution in [0.15, 0.2) is 0 Å². The molecule has 2 saturated heterocycles. The van der Waals surface area contributed by atoms with Gasteiger partial charge in [0.25, 0.3) is 0 Å². The molecule has 17 heavy (non-hydrogen) atoms. The van der Waals surface area contributed by atoms with Gasteiger partial charge in [0, 0.05) is 6.54 Å². The first-order chi connectivity index (χ1) is 7.80. The van der Waals surface area contributed by atoms with Crippen molar-refractivity contribution < 1.29 is 13.5 Å². The van der Waals surface area contributed by atoms with Crippen LogP contribution in [0.25, 0.3) is 0 Å². The first-order valence-corrected chi connectivity index (χ1v) is 8.06. The molecule has 3 N–H and O–H groups in total. The number of hydrogen-bond acceptors (Lipinski definition) is 5. The quantitative estimate of drug-likeness (QED) is 0.691. The van der Waals surface area contributed by atoms with E-state index in [0.717, 1.165) is 19.5 Å². The number of hydrogen-bond donors (Lipinski definition) is 2. The third-order valence-electron chi connectivity index (χ3n) is 4.26. The Kier molecular flexibility index (Phi) is 3.27.